The Morgan fingerprint density at radius 2 is 1.61 bits per heavy atom. The smallest absolute Gasteiger partial charge is 0.294 e. The SMILES string of the molecule is O=C(CCc1ccccc1)C1=C(O)C(=O)N(c2ccccc2O)C1c1c[nH]c2ccccc12. The molecule has 6 nitrogen and oxygen atoms in total. The van der Waals surface area contributed by atoms with Crippen LogP contribution in [0.4, 0.5) is 5.69 Å². The van der Waals surface area contributed by atoms with Gasteiger partial charge < -0.3 is 15.2 Å². The first-order valence-corrected chi connectivity index (χ1v) is 10.7. The number of phenols is 1. The standard InChI is InChI=1S/C27H22N2O4/c30-22-13-7-6-12-21(22)29-25(19-16-28-20-11-5-4-10-18(19)20)24(26(32)27(29)33)23(31)15-14-17-8-2-1-3-9-17/h1-13,16,25,28,30,32H,14-15H2. The molecular formula is C27H22N2O4. The van der Waals surface area contributed by atoms with Gasteiger partial charge >= 0.3 is 0 Å². The number of hydrogen-bond donors (Lipinski definition) is 3. The van der Waals surface area contributed by atoms with Crippen LogP contribution in [0.25, 0.3) is 10.9 Å². The highest BCUT2D eigenvalue weighted by Gasteiger charge is 2.45. The number of rotatable bonds is 6. The highest BCUT2D eigenvalue weighted by molar-refractivity contribution is 6.17. The van der Waals surface area contributed by atoms with E-state index >= 15 is 0 Å². The highest BCUT2D eigenvalue weighted by atomic mass is 16.3. The molecular weight excluding hydrogens is 416 g/mol. The molecule has 1 aliphatic heterocycles. The minimum Gasteiger partial charge on any atom is -0.506 e. The number of carbonyl (C=O) groups is 2. The Labute approximate surface area is 190 Å². The number of aromatic hydroxyl groups is 1. The van der Waals surface area contributed by atoms with E-state index in [9.17, 15) is 19.8 Å². The van der Waals surface area contributed by atoms with E-state index in [0.717, 1.165) is 16.5 Å². The second-order valence-electron chi connectivity index (χ2n) is 8.03. The number of aromatic amines is 1. The Morgan fingerprint density at radius 1 is 0.909 bits per heavy atom. The van der Waals surface area contributed by atoms with E-state index < -0.39 is 17.7 Å². The molecule has 0 aliphatic carbocycles. The lowest BCUT2D eigenvalue weighted by Gasteiger charge is -2.27. The van der Waals surface area contributed by atoms with Crippen molar-refractivity contribution in [3.05, 3.63) is 108 Å². The third kappa shape index (κ3) is 3.55. The fourth-order valence-electron chi connectivity index (χ4n) is 4.46. The third-order valence-corrected chi connectivity index (χ3v) is 6.05. The predicted octanol–water partition coefficient (Wildman–Crippen LogP) is 4.98. The third-order valence-electron chi connectivity index (χ3n) is 6.05. The number of benzene rings is 3. The molecule has 1 aliphatic rings. The molecule has 0 radical (unpaired) electrons. The molecule has 1 unspecified atom stereocenters. The van der Waals surface area contributed by atoms with Gasteiger partial charge in [-0.05, 0) is 30.2 Å². The van der Waals surface area contributed by atoms with Crippen LogP contribution in [0.5, 0.6) is 5.75 Å². The van der Waals surface area contributed by atoms with Crippen LogP contribution in [0.2, 0.25) is 0 Å². The monoisotopic (exact) mass is 438 g/mol. The van der Waals surface area contributed by atoms with E-state index in [1.165, 1.54) is 11.0 Å². The van der Waals surface area contributed by atoms with Crippen molar-refractivity contribution in [2.45, 2.75) is 18.9 Å². The van der Waals surface area contributed by atoms with Gasteiger partial charge in [0.15, 0.2) is 11.5 Å². The molecule has 0 bridgehead atoms. The molecule has 1 amide bonds. The average molecular weight is 438 g/mol. The van der Waals surface area contributed by atoms with Gasteiger partial charge in [-0.3, -0.25) is 14.5 Å². The number of hydrogen-bond acceptors (Lipinski definition) is 4. The number of aryl methyl sites for hydroxylation is 1. The number of aromatic nitrogens is 1. The molecule has 6 heteroatoms. The molecule has 4 aromatic rings. The molecule has 0 saturated carbocycles. The molecule has 0 saturated heterocycles. The van der Waals surface area contributed by atoms with Crippen molar-refractivity contribution in [1.82, 2.24) is 4.98 Å². The summed E-state index contributed by atoms with van der Waals surface area (Å²) in [5.41, 5.74) is 2.80. The second-order valence-corrected chi connectivity index (χ2v) is 8.03. The summed E-state index contributed by atoms with van der Waals surface area (Å²) in [6.07, 6.45) is 2.38. The van der Waals surface area contributed by atoms with Crippen LogP contribution in [0.15, 0.2) is 96.4 Å². The van der Waals surface area contributed by atoms with Crippen molar-refractivity contribution in [3.8, 4) is 5.75 Å². The summed E-state index contributed by atoms with van der Waals surface area (Å²) in [5.74, 6) is -1.71. The van der Waals surface area contributed by atoms with Crippen LogP contribution in [-0.4, -0.2) is 26.9 Å². The molecule has 164 valence electrons. The lowest BCUT2D eigenvalue weighted by molar-refractivity contribution is -0.118. The topological polar surface area (TPSA) is 93.6 Å². The molecule has 2 heterocycles. The number of aliphatic hydroxyl groups is 1. The molecule has 0 fully saturated rings. The summed E-state index contributed by atoms with van der Waals surface area (Å²) < 4.78 is 0. The first-order chi connectivity index (χ1) is 16.1. The van der Waals surface area contributed by atoms with Crippen LogP contribution < -0.4 is 4.90 Å². The lowest BCUT2D eigenvalue weighted by Crippen LogP contribution is -2.31. The summed E-state index contributed by atoms with van der Waals surface area (Å²) in [4.78, 5) is 31.1. The van der Waals surface area contributed by atoms with Gasteiger partial charge in [0.05, 0.1) is 17.3 Å². The fraction of sp³-hybridized carbons (Fsp3) is 0.111. The van der Waals surface area contributed by atoms with Gasteiger partial charge in [-0.15, -0.1) is 0 Å². The number of fused-ring (bicyclic) bond motifs is 1. The van der Waals surface area contributed by atoms with Gasteiger partial charge in [-0.2, -0.15) is 0 Å². The Bertz CT molecular complexity index is 1390. The molecule has 3 aromatic carbocycles. The Hall–Kier alpha value is -4.32. The van der Waals surface area contributed by atoms with Crippen molar-refractivity contribution in [3.63, 3.8) is 0 Å². The number of nitrogens with zero attached hydrogens (tertiary/aromatic N) is 1. The van der Waals surface area contributed by atoms with Gasteiger partial charge in [0.1, 0.15) is 5.75 Å². The summed E-state index contributed by atoms with van der Waals surface area (Å²) in [6.45, 7) is 0. The van der Waals surface area contributed by atoms with Crippen LogP contribution in [-0.2, 0) is 16.0 Å². The minimum atomic E-state index is -0.870. The maximum absolute atomic E-state index is 13.4. The summed E-state index contributed by atoms with van der Waals surface area (Å²) in [6, 6.07) is 22.7. The quantitative estimate of drug-likeness (QED) is 0.396. The minimum absolute atomic E-state index is 0.0453. The molecule has 0 spiro atoms. The number of amides is 1. The summed E-state index contributed by atoms with van der Waals surface area (Å²) >= 11 is 0. The zero-order valence-corrected chi connectivity index (χ0v) is 17.7. The molecule has 1 aromatic heterocycles. The molecule has 5 rings (SSSR count). The van der Waals surface area contributed by atoms with E-state index in [1.54, 1.807) is 24.4 Å². The number of phenolic OH excluding ortho intramolecular Hbond substituents is 1. The number of Topliss-reactive ketones (excluding diaryl/α,β-unsaturated/α-hetero) is 1. The van der Waals surface area contributed by atoms with Gasteiger partial charge in [0.25, 0.3) is 5.91 Å². The van der Waals surface area contributed by atoms with E-state index in [-0.39, 0.29) is 29.2 Å². The number of H-pyrrole nitrogens is 1. The molecule has 1 atom stereocenters. The van der Waals surface area contributed by atoms with Crippen LogP contribution in [0.1, 0.15) is 23.6 Å². The Morgan fingerprint density at radius 3 is 2.39 bits per heavy atom. The zero-order valence-electron chi connectivity index (χ0n) is 17.7. The number of nitrogens with one attached hydrogen (secondary N) is 1. The normalized spacial score (nSPS) is 16.1. The highest BCUT2D eigenvalue weighted by Crippen LogP contribution is 2.45. The van der Waals surface area contributed by atoms with Gasteiger partial charge in [-0.25, -0.2) is 0 Å². The zero-order chi connectivity index (χ0) is 22.9. The van der Waals surface area contributed by atoms with Crippen LogP contribution in [0, 0.1) is 0 Å². The Balaban J connectivity index is 1.60. The van der Waals surface area contributed by atoms with Gasteiger partial charge in [-0.1, -0.05) is 60.7 Å². The number of para-hydroxylation sites is 3. The summed E-state index contributed by atoms with van der Waals surface area (Å²) in [7, 11) is 0. The van der Waals surface area contributed by atoms with Crippen molar-refractivity contribution in [2.75, 3.05) is 4.90 Å². The van der Waals surface area contributed by atoms with E-state index in [4.69, 9.17) is 0 Å². The maximum atomic E-state index is 13.4. The van der Waals surface area contributed by atoms with E-state index in [1.807, 2.05) is 54.6 Å². The number of anilines is 1. The maximum Gasteiger partial charge on any atom is 0.294 e. The Kier molecular flexibility index (Phi) is 5.18. The first kappa shape index (κ1) is 20.6. The predicted molar refractivity (Wildman–Crippen MR) is 126 cm³/mol. The average Bonchev–Trinajstić information content (AvgIpc) is 3.37. The lowest BCUT2D eigenvalue weighted by atomic mass is 9.92. The van der Waals surface area contributed by atoms with E-state index in [0.29, 0.717) is 12.0 Å². The summed E-state index contributed by atoms with van der Waals surface area (Å²) in [5, 5.41) is 22.2. The second kappa shape index (κ2) is 8.31. The van der Waals surface area contributed by atoms with Crippen molar-refractivity contribution in [1.29, 1.82) is 0 Å². The first-order valence-electron chi connectivity index (χ1n) is 10.7. The van der Waals surface area contributed by atoms with Crippen molar-refractivity contribution >= 4 is 28.3 Å². The molecule has 3 N–H and O–H groups in total. The van der Waals surface area contributed by atoms with Crippen LogP contribution in [0.3, 0.4) is 0 Å². The fourth-order valence-corrected chi connectivity index (χ4v) is 4.46. The van der Waals surface area contributed by atoms with Crippen molar-refractivity contribution in [2.24, 2.45) is 0 Å². The van der Waals surface area contributed by atoms with Crippen LogP contribution >= 0.6 is 0 Å². The largest absolute Gasteiger partial charge is 0.506 e. The van der Waals surface area contributed by atoms with E-state index in [2.05, 4.69) is 4.98 Å². The molecule has 33 heavy (non-hydrogen) atoms. The van der Waals surface area contributed by atoms with Gasteiger partial charge in [0.2, 0.25) is 0 Å². The van der Waals surface area contributed by atoms with Crippen molar-refractivity contribution < 1.29 is 19.8 Å². The number of ketones is 1. The van der Waals surface area contributed by atoms with Gasteiger partial charge in [0, 0.05) is 29.1 Å². The number of aliphatic hydroxyl groups excluding tert-OH is 1. The number of carbonyl (C=O) groups excluding carboxylic acids is 2.